The summed E-state index contributed by atoms with van der Waals surface area (Å²) in [6.45, 7) is 8.67. The minimum Gasteiger partial charge on any atom is -0.374 e. The fraction of sp³-hybridized carbons (Fsp3) is 1.00. The van der Waals surface area contributed by atoms with Crippen molar-refractivity contribution in [1.82, 2.24) is 5.32 Å². The van der Waals surface area contributed by atoms with Gasteiger partial charge >= 0.3 is 0 Å². The van der Waals surface area contributed by atoms with Crippen LogP contribution in [0.5, 0.6) is 0 Å². The second-order valence-electron chi connectivity index (χ2n) is 6.61. The van der Waals surface area contributed by atoms with E-state index < -0.39 is 0 Å². The number of hydrogen-bond donors (Lipinski definition) is 1. The van der Waals surface area contributed by atoms with Crippen LogP contribution in [0.1, 0.15) is 65.7 Å². The Hall–Kier alpha value is -0.120. The van der Waals surface area contributed by atoms with Crippen molar-refractivity contribution in [1.29, 1.82) is 0 Å². The highest BCUT2D eigenvalue weighted by molar-refractivity contribution is 4.98. The molecule has 0 heterocycles. The largest absolute Gasteiger partial charge is 0.374 e. The fourth-order valence-corrected chi connectivity index (χ4v) is 3.43. The molecular formula is C17H33NO2. The first-order valence-corrected chi connectivity index (χ1v) is 8.76. The number of nitrogens with one attached hydrogen (secondary N) is 1. The molecule has 118 valence electrons. The summed E-state index contributed by atoms with van der Waals surface area (Å²) >= 11 is 0. The molecule has 5 atom stereocenters. The van der Waals surface area contributed by atoms with Gasteiger partial charge in [0.25, 0.3) is 0 Å². The van der Waals surface area contributed by atoms with Crippen LogP contribution in [0, 0.1) is 5.92 Å². The van der Waals surface area contributed by atoms with Crippen molar-refractivity contribution in [2.75, 3.05) is 13.2 Å². The summed E-state index contributed by atoms with van der Waals surface area (Å²) in [7, 11) is 0. The predicted molar refractivity (Wildman–Crippen MR) is 83.0 cm³/mol. The standard InChI is InChI=1S/C17H33NO2/c1-4-10-18-14-12-16(17(14)19-11-5-2)20-15-9-7-6-8-13(15)3/h13-18H,4-12H2,1-3H3. The van der Waals surface area contributed by atoms with Crippen molar-refractivity contribution in [2.24, 2.45) is 5.92 Å². The van der Waals surface area contributed by atoms with Crippen LogP contribution in [-0.4, -0.2) is 37.5 Å². The van der Waals surface area contributed by atoms with Gasteiger partial charge in [-0.2, -0.15) is 0 Å². The molecule has 3 heteroatoms. The molecule has 0 aliphatic heterocycles. The Morgan fingerprint density at radius 3 is 2.55 bits per heavy atom. The first kappa shape index (κ1) is 16.3. The van der Waals surface area contributed by atoms with Crippen LogP contribution in [0.15, 0.2) is 0 Å². The average Bonchev–Trinajstić information content (AvgIpc) is 2.44. The van der Waals surface area contributed by atoms with Gasteiger partial charge in [0.2, 0.25) is 0 Å². The van der Waals surface area contributed by atoms with E-state index in [2.05, 4.69) is 26.1 Å². The molecule has 2 aliphatic carbocycles. The van der Waals surface area contributed by atoms with Gasteiger partial charge in [-0.3, -0.25) is 0 Å². The lowest BCUT2D eigenvalue weighted by Crippen LogP contribution is -2.61. The number of ether oxygens (including phenoxy) is 2. The van der Waals surface area contributed by atoms with Crippen molar-refractivity contribution in [3.8, 4) is 0 Å². The van der Waals surface area contributed by atoms with Gasteiger partial charge in [-0.1, -0.05) is 33.6 Å². The van der Waals surface area contributed by atoms with Crippen LogP contribution in [0.2, 0.25) is 0 Å². The van der Waals surface area contributed by atoms with E-state index in [1.807, 2.05) is 0 Å². The molecule has 2 saturated carbocycles. The van der Waals surface area contributed by atoms with Crippen LogP contribution in [0.25, 0.3) is 0 Å². The summed E-state index contributed by atoms with van der Waals surface area (Å²) in [6.07, 6.45) is 9.73. The van der Waals surface area contributed by atoms with E-state index in [9.17, 15) is 0 Å². The van der Waals surface area contributed by atoms with Crippen LogP contribution in [0.3, 0.4) is 0 Å². The topological polar surface area (TPSA) is 30.5 Å². The van der Waals surface area contributed by atoms with Gasteiger partial charge < -0.3 is 14.8 Å². The highest BCUT2D eigenvalue weighted by Gasteiger charge is 2.44. The maximum atomic E-state index is 6.39. The predicted octanol–water partition coefficient (Wildman–Crippen LogP) is 3.52. The molecule has 3 nitrogen and oxygen atoms in total. The molecule has 0 spiro atoms. The van der Waals surface area contributed by atoms with Crippen LogP contribution in [-0.2, 0) is 9.47 Å². The van der Waals surface area contributed by atoms with E-state index in [1.54, 1.807) is 0 Å². The maximum absolute atomic E-state index is 6.39. The fourth-order valence-electron chi connectivity index (χ4n) is 3.43. The molecule has 1 N–H and O–H groups in total. The Kier molecular flexibility index (Phi) is 6.79. The third-order valence-electron chi connectivity index (χ3n) is 4.80. The van der Waals surface area contributed by atoms with Crippen LogP contribution < -0.4 is 5.32 Å². The summed E-state index contributed by atoms with van der Waals surface area (Å²) in [5, 5.41) is 3.60. The molecule has 0 bridgehead atoms. The molecule has 0 saturated heterocycles. The molecule has 0 aromatic carbocycles. The van der Waals surface area contributed by atoms with Crippen molar-refractivity contribution in [2.45, 2.75) is 90.1 Å². The second kappa shape index (κ2) is 8.35. The molecule has 20 heavy (non-hydrogen) atoms. The van der Waals surface area contributed by atoms with Gasteiger partial charge in [0.1, 0.15) is 0 Å². The van der Waals surface area contributed by atoms with Gasteiger partial charge in [0.05, 0.1) is 18.3 Å². The monoisotopic (exact) mass is 283 g/mol. The van der Waals surface area contributed by atoms with E-state index in [-0.39, 0.29) is 6.10 Å². The van der Waals surface area contributed by atoms with Crippen molar-refractivity contribution in [3.05, 3.63) is 0 Å². The number of hydrogen-bond acceptors (Lipinski definition) is 3. The van der Waals surface area contributed by atoms with Crippen molar-refractivity contribution < 1.29 is 9.47 Å². The lowest BCUT2D eigenvalue weighted by molar-refractivity contribution is -0.180. The summed E-state index contributed by atoms with van der Waals surface area (Å²) < 4.78 is 12.4. The van der Waals surface area contributed by atoms with E-state index in [0.717, 1.165) is 31.9 Å². The lowest BCUT2D eigenvalue weighted by Gasteiger charge is -2.47. The van der Waals surface area contributed by atoms with Crippen molar-refractivity contribution in [3.63, 3.8) is 0 Å². The Morgan fingerprint density at radius 2 is 1.85 bits per heavy atom. The SMILES string of the molecule is CCCNC1CC(OC2CCCCC2C)C1OCCC. The first-order chi connectivity index (χ1) is 9.76. The van der Waals surface area contributed by atoms with Gasteiger partial charge in [0, 0.05) is 12.6 Å². The summed E-state index contributed by atoms with van der Waals surface area (Å²) in [6, 6.07) is 0.505. The van der Waals surface area contributed by atoms with Crippen LogP contribution >= 0.6 is 0 Å². The van der Waals surface area contributed by atoms with Gasteiger partial charge in [0.15, 0.2) is 0 Å². The minimum atomic E-state index is 0.274. The smallest absolute Gasteiger partial charge is 0.0990 e. The zero-order chi connectivity index (χ0) is 14.4. The second-order valence-corrected chi connectivity index (χ2v) is 6.61. The third-order valence-corrected chi connectivity index (χ3v) is 4.80. The number of rotatable bonds is 8. The minimum absolute atomic E-state index is 0.274. The highest BCUT2D eigenvalue weighted by Crippen LogP contribution is 2.34. The normalized spacial score (nSPS) is 37.6. The Labute approximate surface area is 124 Å². The summed E-state index contributed by atoms with van der Waals surface area (Å²) in [5.41, 5.74) is 0. The molecule has 2 fully saturated rings. The van der Waals surface area contributed by atoms with Crippen molar-refractivity contribution >= 4 is 0 Å². The molecule has 0 amide bonds. The van der Waals surface area contributed by atoms with E-state index in [4.69, 9.17) is 9.47 Å². The lowest BCUT2D eigenvalue weighted by atomic mass is 9.83. The molecule has 2 rings (SSSR count). The molecule has 0 aromatic heterocycles. The van der Waals surface area contributed by atoms with E-state index in [0.29, 0.717) is 18.2 Å². The third kappa shape index (κ3) is 4.19. The Balaban J connectivity index is 1.80. The highest BCUT2D eigenvalue weighted by atomic mass is 16.6. The van der Waals surface area contributed by atoms with Gasteiger partial charge in [-0.15, -0.1) is 0 Å². The molecule has 2 aliphatic rings. The zero-order valence-electron chi connectivity index (χ0n) is 13.6. The summed E-state index contributed by atoms with van der Waals surface area (Å²) in [4.78, 5) is 0. The molecular weight excluding hydrogens is 250 g/mol. The van der Waals surface area contributed by atoms with E-state index in [1.165, 1.54) is 32.1 Å². The Bertz CT molecular complexity index is 272. The molecule has 5 unspecified atom stereocenters. The summed E-state index contributed by atoms with van der Waals surface area (Å²) in [5.74, 6) is 0.721. The quantitative estimate of drug-likeness (QED) is 0.739. The van der Waals surface area contributed by atoms with Crippen LogP contribution in [0.4, 0.5) is 0 Å². The average molecular weight is 283 g/mol. The van der Waals surface area contributed by atoms with E-state index >= 15 is 0 Å². The van der Waals surface area contributed by atoms with Gasteiger partial charge in [-0.25, -0.2) is 0 Å². The Morgan fingerprint density at radius 1 is 1.05 bits per heavy atom. The zero-order valence-corrected chi connectivity index (χ0v) is 13.6. The maximum Gasteiger partial charge on any atom is 0.0990 e. The molecule has 0 aromatic rings. The van der Waals surface area contributed by atoms with Gasteiger partial charge in [-0.05, 0) is 44.6 Å². The first-order valence-electron chi connectivity index (χ1n) is 8.76. The molecule has 0 radical (unpaired) electrons.